The van der Waals surface area contributed by atoms with E-state index in [1.165, 1.54) is 19.1 Å². The van der Waals surface area contributed by atoms with Crippen molar-refractivity contribution in [1.82, 2.24) is 26.6 Å². The molecule has 0 aliphatic carbocycles. The fraction of sp³-hybridized carbons (Fsp3) is 0.441. The molecule has 0 unspecified atom stereocenters. The van der Waals surface area contributed by atoms with Gasteiger partial charge in [0.05, 0.1) is 12.6 Å². The summed E-state index contributed by atoms with van der Waals surface area (Å²) in [5, 5.41) is 40.2. The molecule has 0 saturated carbocycles. The molecule has 10 N–H and O–H groups in total. The summed E-state index contributed by atoms with van der Waals surface area (Å²) in [5.74, 6) is -6.73. The molecule has 0 aromatic heterocycles. The summed E-state index contributed by atoms with van der Waals surface area (Å²) in [5.41, 5.74) is 7.33. The number of phenols is 1. The fourth-order valence-electron chi connectivity index (χ4n) is 4.73. The highest BCUT2D eigenvalue weighted by Gasteiger charge is 2.32. The van der Waals surface area contributed by atoms with Gasteiger partial charge >= 0.3 is 11.9 Å². The van der Waals surface area contributed by atoms with Crippen LogP contribution in [0.1, 0.15) is 51.2 Å². The number of carboxylic acid groups (broad SMARTS) is 2. The van der Waals surface area contributed by atoms with Gasteiger partial charge in [0.1, 0.15) is 29.9 Å². The number of carboxylic acids is 2. The molecule has 2 rings (SSSR count). The fourth-order valence-corrected chi connectivity index (χ4v) is 4.73. The van der Waals surface area contributed by atoms with E-state index in [9.17, 15) is 43.8 Å². The largest absolute Gasteiger partial charge is 0.508 e. The van der Waals surface area contributed by atoms with E-state index in [2.05, 4.69) is 26.6 Å². The molecule has 6 atom stereocenters. The van der Waals surface area contributed by atoms with Gasteiger partial charge in [-0.05, 0) is 48.9 Å². The molecule has 0 spiro atoms. The first-order valence-corrected chi connectivity index (χ1v) is 16.1. The van der Waals surface area contributed by atoms with E-state index in [1.54, 1.807) is 56.3 Å². The van der Waals surface area contributed by atoms with Crippen LogP contribution in [0.3, 0.4) is 0 Å². The van der Waals surface area contributed by atoms with Gasteiger partial charge in [-0.25, -0.2) is 4.79 Å². The number of nitrogens with two attached hydrogens (primary N) is 1. The van der Waals surface area contributed by atoms with Crippen LogP contribution in [0, 0.1) is 5.92 Å². The first kappa shape index (κ1) is 40.7. The van der Waals surface area contributed by atoms with Crippen molar-refractivity contribution < 1.29 is 48.9 Å². The molecule has 16 nitrogen and oxygen atoms in total. The molecule has 0 radical (unpaired) electrons. The number of hydrogen-bond donors (Lipinski definition) is 9. The Morgan fingerprint density at radius 3 is 1.92 bits per heavy atom. The average molecular weight is 699 g/mol. The number of hydrogen-bond acceptors (Lipinski definition) is 9. The maximum Gasteiger partial charge on any atom is 0.326 e. The third-order valence-corrected chi connectivity index (χ3v) is 7.89. The van der Waals surface area contributed by atoms with Crippen LogP contribution >= 0.6 is 0 Å². The first-order valence-electron chi connectivity index (χ1n) is 16.1. The number of aromatic hydroxyl groups is 1. The molecular formula is C34H46N6O10. The molecule has 0 fully saturated rings. The van der Waals surface area contributed by atoms with Gasteiger partial charge in [0.2, 0.25) is 29.5 Å². The summed E-state index contributed by atoms with van der Waals surface area (Å²) in [6.07, 6.45) is -0.311. The Morgan fingerprint density at radius 1 is 0.720 bits per heavy atom. The van der Waals surface area contributed by atoms with Crippen molar-refractivity contribution in [3.63, 3.8) is 0 Å². The molecule has 0 aliphatic rings. The lowest BCUT2D eigenvalue weighted by Gasteiger charge is -2.28. The SMILES string of the molecule is CC[C@H](C)[C@H](NC(=O)[C@H](Cc1ccccc1)NC(=O)CNC(=O)[C@H](C)NC(=O)[C@@H](N)Cc1ccc(O)cc1)C(=O)N[C@@H](CCC(=O)O)C(=O)O. The molecule has 16 heteroatoms. The van der Waals surface area contributed by atoms with Crippen LogP contribution in [0.15, 0.2) is 54.6 Å². The van der Waals surface area contributed by atoms with Gasteiger partial charge in [0, 0.05) is 12.8 Å². The minimum Gasteiger partial charge on any atom is -0.508 e. The second-order valence-electron chi connectivity index (χ2n) is 11.9. The molecule has 0 heterocycles. The highest BCUT2D eigenvalue weighted by atomic mass is 16.4. The molecular weight excluding hydrogens is 652 g/mol. The summed E-state index contributed by atoms with van der Waals surface area (Å²) in [6, 6.07) is 8.82. The third kappa shape index (κ3) is 13.9. The van der Waals surface area contributed by atoms with E-state index in [4.69, 9.17) is 10.8 Å². The lowest BCUT2D eigenvalue weighted by atomic mass is 9.96. The smallest absolute Gasteiger partial charge is 0.326 e. The van der Waals surface area contributed by atoms with Gasteiger partial charge in [0.25, 0.3) is 0 Å². The van der Waals surface area contributed by atoms with Gasteiger partial charge < -0.3 is 47.6 Å². The van der Waals surface area contributed by atoms with Gasteiger partial charge in [-0.3, -0.25) is 28.8 Å². The van der Waals surface area contributed by atoms with Crippen LogP contribution in [-0.4, -0.2) is 93.5 Å². The summed E-state index contributed by atoms with van der Waals surface area (Å²) in [6.45, 7) is 4.27. The number of carbonyl (C=O) groups excluding carboxylic acids is 5. The molecule has 0 aliphatic heterocycles. The standard InChI is InChI=1S/C34H46N6O10/c1-4-19(2)29(33(48)39-25(34(49)50)14-15-28(43)44)40-32(47)26(17-21-8-6-5-7-9-21)38-27(42)18-36-30(45)20(3)37-31(46)24(35)16-22-10-12-23(41)13-11-22/h5-13,19-20,24-26,29,41H,4,14-18,35H2,1-3H3,(H,36,45)(H,37,46)(H,38,42)(H,39,48)(H,40,47)(H,43,44)(H,49,50)/t19-,20-,24-,25-,26-,29-/m0/s1. The zero-order valence-electron chi connectivity index (χ0n) is 28.2. The summed E-state index contributed by atoms with van der Waals surface area (Å²) in [7, 11) is 0. The Bertz CT molecular complexity index is 1490. The quantitative estimate of drug-likeness (QED) is 0.0857. The predicted octanol–water partition coefficient (Wildman–Crippen LogP) is -0.424. The third-order valence-electron chi connectivity index (χ3n) is 7.89. The zero-order valence-corrected chi connectivity index (χ0v) is 28.2. The maximum absolute atomic E-state index is 13.6. The van der Waals surface area contributed by atoms with Crippen molar-refractivity contribution in [2.24, 2.45) is 11.7 Å². The summed E-state index contributed by atoms with van der Waals surface area (Å²) < 4.78 is 0. The van der Waals surface area contributed by atoms with Crippen LogP contribution in [0.5, 0.6) is 5.75 Å². The van der Waals surface area contributed by atoms with Gasteiger partial charge in [-0.2, -0.15) is 0 Å². The van der Waals surface area contributed by atoms with Gasteiger partial charge in [-0.15, -0.1) is 0 Å². The molecule has 272 valence electrons. The summed E-state index contributed by atoms with van der Waals surface area (Å²) in [4.78, 5) is 87.6. The molecule has 0 saturated heterocycles. The van der Waals surface area contributed by atoms with Crippen LogP contribution in [0.4, 0.5) is 0 Å². The normalized spacial score (nSPS) is 14.4. The molecule has 2 aromatic rings. The van der Waals surface area contributed by atoms with E-state index in [0.29, 0.717) is 17.5 Å². The number of aliphatic carboxylic acids is 2. The van der Waals surface area contributed by atoms with Crippen molar-refractivity contribution in [3.8, 4) is 5.75 Å². The second kappa shape index (κ2) is 20.1. The summed E-state index contributed by atoms with van der Waals surface area (Å²) >= 11 is 0. The van der Waals surface area contributed by atoms with Crippen molar-refractivity contribution in [2.45, 2.75) is 83.1 Å². The van der Waals surface area contributed by atoms with Crippen molar-refractivity contribution >= 4 is 41.5 Å². The Labute approximate surface area is 289 Å². The van der Waals surface area contributed by atoms with Crippen LogP contribution in [0.25, 0.3) is 0 Å². The average Bonchev–Trinajstić information content (AvgIpc) is 3.08. The zero-order chi connectivity index (χ0) is 37.4. The molecule has 0 bridgehead atoms. The Hall–Kier alpha value is -5.51. The Balaban J connectivity index is 2.07. The Morgan fingerprint density at radius 2 is 1.34 bits per heavy atom. The maximum atomic E-state index is 13.6. The van der Waals surface area contributed by atoms with E-state index >= 15 is 0 Å². The second-order valence-corrected chi connectivity index (χ2v) is 11.9. The number of phenolic OH excluding ortho intramolecular Hbond substituents is 1. The van der Waals surface area contributed by atoms with Crippen molar-refractivity contribution in [2.75, 3.05) is 6.54 Å². The number of benzene rings is 2. The molecule has 2 aromatic carbocycles. The highest BCUT2D eigenvalue weighted by molar-refractivity contribution is 5.95. The first-order chi connectivity index (χ1) is 23.6. The van der Waals surface area contributed by atoms with E-state index < -0.39 is 90.6 Å². The van der Waals surface area contributed by atoms with E-state index in [-0.39, 0.29) is 25.0 Å². The van der Waals surface area contributed by atoms with Crippen molar-refractivity contribution in [1.29, 1.82) is 0 Å². The monoisotopic (exact) mass is 698 g/mol. The highest BCUT2D eigenvalue weighted by Crippen LogP contribution is 2.12. The molecule has 5 amide bonds. The van der Waals surface area contributed by atoms with Crippen LogP contribution in [0.2, 0.25) is 0 Å². The van der Waals surface area contributed by atoms with Crippen molar-refractivity contribution in [3.05, 3.63) is 65.7 Å². The van der Waals surface area contributed by atoms with E-state index in [0.717, 1.165) is 0 Å². The Kier molecular flexibility index (Phi) is 16.4. The number of carbonyl (C=O) groups is 7. The lowest BCUT2D eigenvalue weighted by Crippen LogP contribution is -2.58. The number of nitrogens with one attached hydrogen (secondary N) is 5. The van der Waals surface area contributed by atoms with Gasteiger partial charge in [0.15, 0.2) is 0 Å². The number of rotatable bonds is 20. The van der Waals surface area contributed by atoms with Gasteiger partial charge in [-0.1, -0.05) is 62.7 Å². The minimum absolute atomic E-state index is 0.00292. The predicted molar refractivity (Wildman–Crippen MR) is 180 cm³/mol. The lowest BCUT2D eigenvalue weighted by molar-refractivity contribution is -0.143. The minimum atomic E-state index is -1.51. The van der Waals surface area contributed by atoms with E-state index in [1.807, 2.05) is 0 Å². The molecule has 50 heavy (non-hydrogen) atoms. The van der Waals surface area contributed by atoms with Crippen LogP contribution < -0.4 is 32.3 Å². The van der Waals surface area contributed by atoms with Crippen LogP contribution in [-0.2, 0) is 46.4 Å². The number of amides is 5. The topological polar surface area (TPSA) is 266 Å².